The van der Waals surface area contributed by atoms with E-state index < -0.39 is 0 Å². The molecule has 96 valence electrons. The highest BCUT2D eigenvalue weighted by atomic mass is 15.2. The summed E-state index contributed by atoms with van der Waals surface area (Å²) in [5.41, 5.74) is 2.66. The molecule has 0 fully saturated rings. The van der Waals surface area contributed by atoms with Crippen molar-refractivity contribution in [1.29, 1.82) is 0 Å². The molecule has 1 heterocycles. The van der Waals surface area contributed by atoms with Crippen LogP contribution in [0, 0.1) is 0 Å². The fourth-order valence-electron chi connectivity index (χ4n) is 2.27. The fourth-order valence-corrected chi connectivity index (χ4v) is 2.27. The third-order valence-corrected chi connectivity index (χ3v) is 3.13. The zero-order valence-corrected chi connectivity index (χ0v) is 11.6. The minimum Gasteiger partial charge on any atom is -0.329 e. The summed E-state index contributed by atoms with van der Waals surface area (Å²) in [6.45, 7) is 10.2. The summed E-state index contributed by atoms with van der Waals surface area (Å²) in [5.74, 6) is 0. The van der Waals surface area contributed by atoms with Gasteiger partial charge in [0.15, 0.2) is 0 Å². The Balaban J connectivity index is 2.28. The summed E-state index contributed by atoms with van der Waals surface area (Å²) in [6.07, 6.45) is 6.07. The van der Waals surface area contributed by atoms with Gasteiger partial charge in [-0.3, -0.25) is 4.99 Å². The molecule has 1 unspecified atom stereocenters. The van der Waals surface area contributed by atoms with Crippen LogP contribution in [0.3, 0.4) is 0 Å². The SMILES string of the molecule is C=CCC1Cc2ccccc2N1C=NC(C)(C)C. The van der Waals surface area contributed by atoms with E-state index in [1.807, 2.05) is 12.4 Å². The Bertz CT molecular complexity index is 454. The molecule has 1 aromatic carbocycles. The Morgan fingerprint density at radius 3 is 2.78 bits per heavy atom. The standard InChI is InChI=1S/C16H22N2/c1-5-8-14-11-13-9-6-7-10-15(13)18(14)12-17-16(2,3)4/h5-7,9-10,12,14H,1,8,11H2,2-4H3. The lowest BCUT2D eigenvalue weighted by molar-refractivity contribution is 0.582. The zero-order chi connectivity index (χ0) is 13.2. The molecule has 0 saturated carbocycles. The molecule has 0 bridgehead atoms. The van der Waals surface area contributed by atoms with E-state index in [0.29, 0.717) is 6.04 Å². The van der Waals surface area contributed by atoms with Gasteiger partial charge in [0.2, 0.25) is 0 Å². The van der Waals surface area contributed by atoms with Crippen molar-refractivity contribution >= 4 is 12.0 Å². The molecule has 1 aromatic rings. The second-order valence-electron chi connectivity index (χ2n) is 5.83. The first-order valence-corrected chi connectivity index (χ1v) is 6.54. The van der Waals surface area contributed by atoms with E-state index >= 15 is 0 Å². The van der Waals surface area contributed by atoms with Crippen LogP contribution in [-0.2, 0) is 6.42 Å². The van der Waals surface area contributed by atoms with Crippen molar-refractivity contribution < 1.29 is 0 Å². The van der Waals surface area contributed by atoms with Crippen molar-refractivity contribution in [3.05, 3.63) is 42.5 Å². The molecular weight excluding hydrogens is 220 g/mol. The van der Waals surface area contributed by atoms with Crippen LogP contribution < -0.4 is 4.90 Å². The summed E-state index contributed by atoms with van der Waals surface area (Å²) < 4.78 is 0. The monoisotopic (exact) mass is 242 g/mol. The maximum Gasteiger partial charge on any atom is 0.0903 e. The lowest BCUT2D eigenvalue weighted by atomic mass is 10.1. The summed E-state index contributed by atoms with van der Waals surface area (Å²) >= 11 is 0. The lowest BCUT2D eigenvalue weighted by Gasteiger charge is -2.23. The van der Waals surface area contributed by atoms with E-state index in [2.05, 4.69) is 61.5 Å². The van der Waals surface area contributed by atoms with E-state index in [-0.39, 0.29) is 5.54 Å². The molecule has 0 N–H and O–H groups in total. The second kappa shape index (κ2) is 4.97. The van der Waals surface area contributed by atoms with Gasteiger partial charge >= 0.3 is 0 Å². The first-order chi connectivity index (χ1) is 8.51. The van der Waals surface area contributed by atoms with Crippen molar-refractivity contribution in [1.82, 2.24) is 0 Å². The number of aliphatic imine (C=N–C) groups is 1. The van der Waals surface area contributed by atoms with Gasteiger partial charge in [-0.15, -0.1) is 6.58 Å². The van der Waals surface area contributed by atoms with E-state index in [1.54, 1.807) is 0 Å². The maximum absolute atomic E-state index is 4.64. The lowest BCUT2D eigenvalue weighted by Crippen LogP contribution is -2.31. The Labute approximate surface area is 110 Å². The van der Waals surface area contributed by atoms with Crippen LogP contribution in [0.5, 0.6) is 0 Å². The van der Waals surface area contributed by atoms with Crippen molar-refractivity contribution in [2.45, 2.75) is 45.2 Å². The molecule has 2 nitrogen and oxygen atoms in total. The molecule has 0 amide bonds. The average Bonchev–Trinajstić information content (AvgIpc) is 2.63. The highest BCUT2D eigenvalue weighted by Gasteiger charge is 2.27. The minimum absolute atomic E-state index is 0.0315. The first kappa shape index (κ1) is 12.9. The number of rotatable bonds is 3. The predicted octanol–water partition coefficient (Wildman–Crippen LogP) is 3.82. The number of para-hydroxylation sites is 1. The van der Waals surface area contributed by atoms with Crippen LogP contribution in [0.2, 0.25) is 0 Å². The van der Waals surface area contributed by atoms with Gasteiger partial charge in [-0.25, -0.2) is 0 Å². The first-order valence-electron chi connectivity index (χ1n) is 6.54. The Morgan fingerprint density at radius 1 is 1.39 bits per heavy atom. The normalized spacial score (nSPS) is 19.3. The Kier molecular flexibility index (Phi) is 3.55. The van der Waals surface area contributed by atoms with Gasteiger partial charge in [0, 0.05) is 11.7 Å². The van der Waals surface area contributed by atoms with Crippen LogP contribution >= 0.6 is 0 Å². The number of benzene rings is 1. The second-order valence-corrected chi connectivity index (χ2v) is 5.83. The van der Waals surface area contributed by atoms with Gasteiger partial charge < -0.3 is 4.90 Å². The van der Waals surface area contributed by atoms with Gasteiger partial charge in [-0.1, -0.05) is 24.3 Å². The van der Waals surface area contributed by atoms with E-state index in [4.69, 9.17) is 0 Å². The summed E-state index contributed by atoms with van der Waals surface area (Å²) in [7, 11) is 0. The smallest absolute Gasteiger partial charge is 0.0903 e. The predicted molar refractivity (Wildman–Crippen MR) is 79.5 cm³/mol. The van der Waals surface area contributed by atoms with Crippen molar-refractivity contribution in [2.24, 2.45) is 4.99 Å². The fraction of sp³-hybridized carbons (Fsp3) is 0.438. The van der Waals surface area contributed by atoms with Crippen LogP contribution in [0.25, 0.3) is 0 Å². The number of hydrogen-bond donors (Lipinski definition) is 0. The minimum atomic E-state index is -0.0315. The molecule has 0 spiro atoms. The van der Waals surface area contributed by atoms with Crippen LogP contribution in [0.1, 0.15) is 32.8 Å². The van der Waals surface area contributed by atoms with E-state index in [1.165, 1.54) is 11.3 Å². The van der Waals surface area contributed by atoms with Crippen molar-refractivity contribution in [2.75, 3.05) is 4.90 Å². The molecular formula is C16H22N2. The summed E-state index contributed by atoms with van der Waals surface area (Å²) in [4.78, 5) is 6.93. The van der Waals surface area contributed by atoms with Crippen LogP contribution in [0.4, 0.5) is 5.69 Å². The molecule has 18 heavy (non-hydrogen) atoms. The summed E-state index contributed by atoms with van der Waals surface area (Å²) in [6, 6.07) is 9.04. The average molecular weight is 242 g/mol. The topological polar surface area (TPSA) is 15.6 Å². The number of anilines is 1. The molecule has 1 aliphatic rings. The number of nitrogens with zero attached hydrogens (tertiary/aromatic N) is 2. The molecule has 1 aliphatic heterocycles. The summed E-state index contributed by atoms with van der Waals surface area (Å²) in [5, 5.41) is 0. The van der Waals surface area contributed by atoms with Crippen LogP contribution in [0.15, 0.2) is 41.9 Å². The molecule has 2 heteroatoms. The molecule has 2 rings (SSSR count). The molecule has 0 radical (unpaired) electrons. The maximum atomic E-state index is 4.64. The Hall–Kier alpha value is -1.57. The van der Waals surface area contributed by atoms with Gasteiger partial charge in [0.25, 0.3) is 0 Å². The number of hydrogen-bond acceptors (Lipinski definition) is 1. The highest BCUT2D eigenvalue weighted by Crippen LogP contribution is 2.32. The van der Waals surface area contributed by atoms with Crippen molar-refractivity contribution in [3.8, 4) is 0 Å². The van der Waals surface area contributed by atoms with E-state index in [9.17, 15) is 0 Å². The largest absolute Gasteiger partial charge is 0.329 e. The third-order valence-electron chi connectivity index (χ3n) is 3.13. The molecule has 0 aliphatic carbocycles. The van der Waals surface area contributed by atoms with Gasteiger partial charge in [0.05, 0.1) is 11.9 Å². The van der Waals surface area contributed by atoms with Gasteiger partial charge in [0.1, 0.15) is 0 Å². The zero-order valence-electron chi connectivity index (χ0n) is 11.6. The van der Waals surface area contributed by atoms with Gasteiger partial charge in [-0.2, -0.15) is 0 Å². The highest BCUT2D eigenvalue weighted by molar-refractivity contribution is 5.84. The third kappa shape index (κ3) is 2.81. The number of fused-ring (bicyclic) bond motifs is 1. The van der Waals surface area contributed by atoms with Gasteiger partial charge in [-0.05, 0) is 45.2 Å². The van der Waals surface area contributed by atoms with E-state index in [0.717, 1.165) is 12.8 Å². The van der Waals surface area contributed by atoms with Crippen LogP contribution in [-0.4, -0.2) is 17.9 Å². The molecule has 1 atom stereocenters. The van der Waals surface area contributed by atoms with Crippen molar-refractivity contribution in [3.63, 3.8) is 0 Å². The molecule has 0 aromatic heterocycles. The Morgan fingerprint density at radius 2 is 2.11 bits per heavy atom. The quantitative estimate of drug-likeness (QED) is 0.447. The molecule has 0 saturated heterocycles.